The lowest BCUT2D eigenvalue weighted by molar-refractivity contribution is 0.00804. The van der Waals surface area contributed by atoms with Crippen molar-refractivity contribution in [1.82, 2.24) is 10.2 Å². The van der Waals surface area contributed by atoms with Gasteiger partial charge in [0.1, 0.15) is 5.75 Å². The largest absolute Gasteiger partial charge is 0.507 e. The summed E-state index contributed by atoms with van der Waals surface area (Å²) >= 11 is 0. The highest BCUT2D eigenvalue weighted by Gasteiger charge is 2.27. The van der Waals surface area contributed by atoms with E-state index in [1.807, 2.05) is 4.90 Å². The van der Waals surface area contributed by atoms with E-state index >= 15 is 0 Å². The van der Waals surface area contributed by atoms with Crippen LogP contribution in [0.2, 0.25) is 0 Å². The highest BCUT2D eigenvalue weighted by atomic mass is 16.3. The van der Waals surface area contributed by atoms with Crippen LogP contribution in [0.3, 0.4) is 0 Å². The number of rotatable bonds is 2. The number of nitrogens with two attached hydrogens (primary N) is 1. The second-order valence-corrected chi connectivity index (χ2v) is 5.39. The van der Waals surface area contributed by atoms with E-state index in [1.165, 1.54) is 0 Å². The molecule has 0 radical (unpaired) electrons. The Kier molecular flexibility index (Phi) is 3.82. The van der Waals surface area contributed by atoms with Gasteiger partial charge in [-0.15, -0.1) is 10.2 Å². The van der Waals surface area contributed by atoms with Crippen LogP contribution >= 0.6 is 0 Å². The summed E-state index contributed by atoms with van der Waals surface area (Å²) in [4.78, 5) is 1.87. The Labute approximate surface area is 127 Å². The Bertz CT molecular complexity index is 680. The number of piperidine rings is 1. The van der Waals surface area contributed by atoms with Gasteiger partial charge in [0.15, 0.2) is 5.82 Å². The van der Waals surface area contributed by atoms with Crippen LogP contribution in [0.25, 0.3) is 11.3 Å². The molecule has 22 heavy (non-hydrogen) atoms. The zero-order valence-corrected chi connectivity index (χ0v) is 11.9. The number of hydrogen-bond acceptors (Lipinski definition) is 7. The fraction of sp³-hybridized carbons (Fsp3) is 0.333. The zero-order valence-electron chi connectivity index (χ0n) is 11.9. The van der Waals surface area contributed by atoms with Crippen LogP contribution in [0.1, 0.15) is 6.42 Å². The molecule has 2 heterocycles. The standard InChI is InChI=1S/C15H18N4O3/c16-15-11(19-6-5-13(21)14(22)8-19)7-10(17-18-15)9-3-1-2-4-12(9)20/h1-4,7,13-14,20-22H,5-6,8H2,(H2,16,18)/t13-,14+/m0/s1. The summed E-state index contributed by atoms with van der Waals surface area (Å²) in [5.74, 6) is 0.365. The maximum atomic E-state index is 9.93. The van der Waals surface area contributed by atoms with Crippen LogP contribution in [0.4, 0.5) is 11.5 Å². The number of aromatic hydroxyl groups is 1. The second kappa shape index (κ2) is 5.78. The number of phenols is 1. The lowest BCUT2D eigenvalue weighted by Crippen LogP contribution is -2.47. The Balaban J connectivity index is 1.96. The highest BCUT2D eigenvalue weighted by molar-refractivity contribution is 5.74. The molecule has 1 aromatic heterocycles. The van der Waals surface area contributed by atoms with E-state index in [0.717, 1.165) is 0 Å². The first kappa shape index (κ1) is 14.6. The molecule has 1 aliphatic heterocycles. The maximum Gasteiger partial charge on any atom is 0.169 e. The number of nitrogens with zero attached hydrogens (tertiary/aromatic N) is 3. The van der Waals surface area contributed by atoms with Crippen molar-refractivity contribution in [1.29, 1.82) is 0 Å². The van der Waals surface area contributed by atoms with Gasteiger partial charge in [0.25, 0.3) is 0 Å². The van der Waals surface area contributed by atoms with Crippen LogP contribution in [-0.2, 0) is 0 Å². The molecule has 0 unspecified atom stereocenters. The Morgan fingerprint density at radius 1 is 1.14 bits per heavy atom. The summed E-state index contributed by atoms with van der Waals surface area (Å²) in [6, 6.07) is 8.59. The van der Waals surface area contributed by atoms with Gasteiger partial charge in [-0.25, -0.2) is 0 Å². The molecule has 3 rings (SSSR count). The molecule has 0 bridgehead atoms. The third-order valence-corrected chi connectivity index (χ3v) is 3.87. The third kappa shape index (κ3) is 2.68. The summed E-state index contributed by atoms with van der Waals surface area (Å²) in [5.41, 5.74) is 7.60. The molecular weight excluding hydrogens is 284 g/mol. The molecule has 0 spiro atoms. The SMILES string of the molecule is Nc1nnc(-c2ccccc2O)cc1N1CC[C@H](O)[C@H](O)C1. The number of aliphatic hydroxyl groups is 2. The molecule has 0 aliphatic carbocycles. The van der Waals surface area contributed by atoms with Crippen molar-refractivity contribution in [2.24, 2.45) is 0 Å². The van der Waals surface area contributed by atoms with E-state index in [-0.39, 0.29) is 18.1 Å². The zero-order chi connectivity index (χ0) is 15.7. The first-order valence-electron chi connectivity index (χ1n) is 7.09. The lowest BCUT2D eigenvalue weighted by Gasteiger charge is -2.35. The van der Waals surface area contributed by atoms with Gasteiger partial charge in [-0.1, -0.05) is 12.1 Å². The van der Waals surface area contributed by atoms with Crippen molar-refractivity contribution in [3.8, 4) is 17.0 Å². The lowest BCUT2D eigenvalue weighted by atomic mass is 10.0. The summed E-state index contributed by atoms with van der Waals surface area (Å²) in [7, 11) is 0. The van der Waals surface area contributed by atoms with Crippen molar-refractivity contribution in [2.75, 3.05) is 23.7 Å². The van der Waals surface area contributed by atoms with Gasteiger partial charge in [-0.2, -0.15) is 0 Å². The number of phenolic OH excluding ortho intramolecular Hbond substituents is 1. The van der Waals surface area contributed by atoms with Gasteiger partial charge in [-0.05, 0) is 24.6 Å². The predicted octanol–water partition coefficient (Wildman–Crippen LogP) is 0.363. The predicted molar refractivity (Wildman–Crippen MR) is 82.4 cm³/mol. The number of β-amino-alcohol motifs (C(OH)–C–C–N with tert-alkyl or cyclic N) is 1. The number of para-hydroxylation sites is 1. The van der Waals surface area contributed by atoms with Crippen molar-refractivity contribution in [2.45, 2.75) is 18.6 Å². The minimum atomic E-state index is -0.824. The van der Waals surface area contributed by atoms with Gasteiger partial charge >= 0.3 is 0 Å². The van der Waals surface area contributed by atoms with Crippen LogP contribution in [0, 0.1) is 0 Å². The number of aliphatic hydroxyl groups excluding tert-OH is 2. The second-order valence-electron chi connectivity index (χ2n) is 5.39. The molecule has 0 amide bonds. The van der Waals surface area contributed by atoms with Gasteiger partial charge in [0, 0.05) is 18.7 Å². The fourth-order valence-electron chi connectivity index (χ4n) is 2.60. The van der Waals surface area contributed by atoms with Gasteiger partial charge in [-0.3, -0.25) is 0 Å². The van der Waals surface area contributed by atoms with E-state index < -0.39 is 12.2 Å². The normalized spacial score (nSPS) is 21.8. The minimum absolute atomic E-state index is 0.113. The van der Waals surface area contributed by atoms with Crippen LogP contribution in [0.5, 0.6) is 5.75 Å². The smallest absolute Gasteiger partial charge is 0.169 e. The number of aromatic nitrogens is 2. The Morgan fingerprint density at radius 3 is 2.64 bits per heavy atom. The minimum Gasteiger partial charge on any atom is -0.507 e. The van der Waals surface area contributed by atoms with Gasteiger partial charge in [0.2, 0.25) is 0 Å². The highest BCUT2D eigenvalue weighted by Crippen LogP contribution is 2.32. The number of benzene rings is 1. The summed E-state index contributed by atoms with van der Waals surface area (Å²) in [6.45, 7) is 0.839. The molecule has 2 aromatic rings. The van der Waals surface area contributed by atoms with E-state index in [1.54, 1.807) is 30.3 Å². The third-order valence-electron chi connectivity index (χ3n) is 3.87. The van der Waals surface area contributed by atoms with Crippen LogP contribution < -0.4 is 10.6 Å². The van der Waals surface area contributed by atoms with Crippen molar-refractivity contribution in [3.05, 3.63) is 30.3 Å². The topological polar surface area (TPSA) is 116 Å². The van der Waals surface area contributed by atoms with E-state index in [4.69, 9.17) is 5.73 Å². The molecule has 7 heteroatoms. The number of anilines is 2. The molecule has 116 valence electrons. The summed E-state index contributed by atoms with van der Waals surface area (Å²) in [5, 5.41) is 37.3. The molecule has 1 aliphatic rings. The van der Waals surface area contributed by atoms with Gasteiger partial charge in [0.05, 0.1) is 23.6 Å². The average molecular weight is 302 g/mol. The maximum absolute atomic E-state index is 9.93. The quantitative estimate of drug-likeness (QED) is 0.633. The van der Waals surface area contributed by atoms with Crippen molar-refractivity contribution in [3.63, 3.8) is 0 Å². The van der Waals surface area contributed by atoms with Crippen molar-refractivity contribution >= 4 is 11.5 Å². The summed E-state index contributed by atoms with van der Waals surface area (Å²) in [6.07, 6.45) is -1.09. The monoisotopic (exact) mass is 302 g/mol. The van der Waals surface area contributed by atoms with E-state index in [9.17, 15) is 15.3 Å². The number of hydrogen-bond donors (Lipinski definition) is 4. The molecule has 7 nitrogen and oxygen atoms in total. The Morgan fingerprint density at radius 2 is 1.91 bits per heavy atom. The van der Waals surface area contributed by atoms with Crippen LogP contribution in [0.15, 0.2) is 30.3 Å². The molecule has 1 saturated heterocycles. The molecule has 1 fully saturated rings. The van der Waals surface area contributed by atoms with Gasteiger partial charge < -0.3 is 26.0 Å². The van der Waals surface area contributed by atoms with E-state index in [0.29, 0.717) is 29.9 Å². The Hall–Kier alpha value is -2.38. The first-order valence-corrected chi connectivity index (χ1v) is 7.09. The van der Waals surface area contributed by atoms with Crippen molar-refractivity contribution < 1.29 is 15.3 Å². The number of nitrogen functional groups attached to an aromatic ring is 1. The molecule has 1 aromatic carbocycles. The molecule has 0 saturated carbocycles. The van der Waals surface area contributed by atoms with Crippen LogP contribution in [-0.4, -0.2) is 50.8 Å². The molecule has 2 atom stereocenters. The summed E-state index contributed by atoms with van der Waals surface area (Å²) < 4.78 is 0. The average Bonchev–Trinajstić information content (AvgIpc) is 2.51. The van der Waals surface area contributed by atoms with E-state index in [2.05, 4.69) is 10.2 Å². The fourth-order valence-corrected chi connectivity index (χ4v) is 2.60. The molecule has 5 N–H and O–H groups in total. The first-order chi connectivity index (χ1) is 10.6. The molecular formula is C15H18N4O3.